The monoisotopic (exact) mass is 223 g/mol. The van der Waals surface area contributed by atoms with Gasteiger partial charge in [0.1, 0.15) is 0 Å². The van der Waals surface area contributed by atoms with Crippen molar-refractivity contribution in [1.29, 1.82) is 0 Å². The Bertz CT molecular complexity index is 384. The number of nitrogens with zero attached hydrogens (tertiary/aromatic N) is 2. The van der Waals surface area contributed by atoms with E-state index in [1.807, 2.05) is 6.92 Å². The first-order valence-electron chi connectivity index (χ1n) is 5.86. The number of rotatable bonds is 5. The van der Waals surface area contributed by atoms with E-state index in [4.69, 9.17) is 0 Å². The number of hydrogen-bond acceptors (Lipinski definition) is 3. The summed E-state index contributed by atoms with van der Waals surface area (Å²) >= 11 is 0. The summed E-state index contributed by atoms with van der Waals surface area (Å²) in [7, 11) is 0. The molecule has 4 heteroatoms. The lowest BCUT2D eigenvalue weighted by molar-refractivity contribution is 0.509. The third kappa shape index (κ3) is 3.36. The molecule has 1 aromatic rings. The highest BCUT2D eigenvalue weighted by atomic mass is 16.1. The van der Waals surface area contributed by atoms with Gasteiger partial charge >= 0.3 is 0 Å². The molecule has 0 amide bonds. The van der Waals surface area contributed by atoms with Gasteiger partial charge in [-0.1, -0.05) is 20.8 Å². The van der Waals surface area contributed by atoms with Gasteiger partial charge in [0.05, 0.1) is 0 Å². The normalized spacial score (nSPS) is 12.8. The molecular weight excluding hydrogens is 202 g/mol. The van der Waals surface area contributed by atoms with E-state index >= 15 is 0 Å². The summed E-state index contributed by atoms with van der Waals surface area (Å²) < 4.78 is 1.71. The predicted molar refractivity (Wildman–Crippen MR) is 66.7 cm³/mol. The van der Waals surface area contributed by atoms with Crippen molar-refractivity contribution in [3.8, 4) is 0 Å². The van der Waals surface area contributed by atoms with E-state index in [1.54, 1.807) is 17.0 Å². The van der Waals surface area contributed by atoms with E-state index in [-0.39, 0.29) is 11.6 Å². The topological polar surface area (TPSA) is 46.9 Å². The highest BCUT2D eigenvalue weighted by Crippen LogP contribution is 2.01. The van der Waals surface area contributed by atoms with Gasteiger partial charge in [-0.05, 0) is 19.3 Å². The molecule has 0 aliphatic heterocycles. The Hall–Kier alpha value is -1.32. The molecule has 0 radical (unpaired) electrons. The molecule has 0 bridgehead atoms. The van der Waals surface area contributed by atoms with Crippen LogP contribution in [0.1, 0.15) is 34.1 Å². The second kappa shape index (κ2) is 5.68. The summed E-state index contributed by atoms with van der Waals surface area (Å²) in [6, 6.07) is 0.273. The average Bonchev–Trinajstić information content (AvgIpc) is 2.23. The van der Waals surface area contributed by atoms with Crippen molar-refractivity contribution in [2.24, 2.45) is 5.92 Å². The minimum atomic E-state index is -0.0310. The van der Waals surface area contributed by atoms with Crippen LogP contribution in [0, 0.1) is 5.92 Å². The summed E-state index contributed by atoms with van der Waals surface area (Å²) in [6.07, 6.45) is 4.39. The molecule has 1 N–H and O–H groups in total. The Balaban J connectivity index is 2.91. The zero-order valence-corrected chi connectivity index (χ0v) is 10.5. The largest absolute Gasteiger partial charge is 0.363 e. The van der Waals surface area contributed by atoms with Crippen molar-refractivity contribution in [2.45, 2.75) is 46.7 Å². The molecule has 1 aromatic heterocycles. The summed E-state index contributed by atoms with van der Waals surface area (Å²) in [5.41, 5.74) is -0.0310. The highest BCUT2D eigenvalue weighted by molar-refractivity contribution is 5.31. The number of nitrogens with one attached hydrogen (secondary N) is 1. The molecule has 1 unspecified atom stereocenters. The molecule has 0 saturated carbocycles. The van der Waals surface area contributed by atoms with Crippen molar-refractivity contribution in [1.82, 2.24) is 9.55 Å². The van der Waals surface area contributed by atoms with Crippen LogP contribution in [0.3, 0.4) is 0 Å². The van der Waals surface area contributed by atoms with Crippen LogP contribution in [0.5, 0.6) is 0 Å². The van der Waals surface area contributed by atoms with Gasteiger partial charge in [0, 0.05) is 25.0 Å². The van der Waals surface area contributed by atoms with E-state index in [9.17, 15) is 4.79 Å². The second-order valence-corrected chi connectivity index (χ2v) is 4.58. The van der Waals surface area contributed by atoms with E-state index in [0.29, 0.717) is 11.7 Å². The molecule has 0 spiro atoms. The maximum Gasteiger partial charge on any atom is 0.293 e. The molecule has 0 aliphatic carbocycles. The zero-order chi connectivity index (χ0) is 12.1. The van der Waals surface area contributed by atoms with E-state index < -0.39 is 0 Å². The van der Waals surface area contributed by atoms with Crippen LogP contribution < -0.4 is 10.9 Å². The molecule has 0 saturated heterocycles. The average molecular weight is 223 g/mol. The number of hydrogen-bond donors (Lipinski definition) is 1. The van der Waals surface area contributed by atoms with Gasteiger partial charge in [0.25, 0.3) is 5.56 Å². The quantitative estimate of drug-likeness (QED) is 0.831. The molecular formula is C12H21N3O. The van der Waals surface area contributed by atoms with Crippen molar-refractivity contribution >= 4 is 5.82 Å². The smallest absolute Gasteiger partial charge is 0.293 e. The molecule has 1 atom stereocenters. The van der Waals surface area contributed by atoms with Crippen LogP contribution in [0.25, 0.3) is 0 Å². The van der Waals surface area contributed by atoms with E-state index in [0.717, 1.165) is 13.0 Å². The van der Waals surface area contributed by atoms with Crippen LogP contribution in [-0.4, -0.2) is 15.6 Å². The van der Waals surface area contributed by atoms with Gasteiger partial charge in [0.2, 0.25) is 0 Å². The first-order chi connectivity index (χ1) is 7.54. The molecule has 0 fully saturated rings. The van der Waals surface area contributed by atoms with Gasteiger partial charge < -0.3 is 9.88 Å². The van der Waals surface area contributed by atoms with Gasteiger partial charge in [-0.2, -0.15) is 0 Å². The summed E-state index contributed by atoms with van der Waals surface area (Å²) in [6.45, 7) is 9.04. The van der Waals surface area contributed by atoms with Gasteiger partial charge in [-0.3, -0.25) is 4.79 Å². The minimum Gasteiger partial charge on any atom is -0.363 e. The van der Waals surface area contributed by atoms with Gasteiger partial charge in [-0.25, -0.2) is 4.98 Å². The first kappa shape index (κ1) is 12.7. The van der Waals surface area contributed by atoms with E-state index in [2.05, 4.69) is 31.1 Å². The summed E-state index contributed by atoms with van der Waals surface area (Å²) in [5.74, 6) is 0.911. The van der Waals surface area contributed by atoms with Crippen molar-refractivity contribution in [3.05, 3.63) is 22.7 Å². The maximum atomic E-state index is 12.0. The third-order valence-electron chi connectivity index (χ3n) is 2.47. The molecule has 4 nitrogen and oxygen atoms in total. The zero-order valence-electron chi connectivity index (χ0n) is 10.5. The van der Waals surface area contributed by atoms with Crippen molar-refractivity contribution < 1.29 is 0 Å². The van der Waals surface area contributed by atoms with E-state index in [1.165, 1.54) is 0 Å². The molecule has 16 heavy (non-hydrogen) atoms. The van der Waals surface area contributed by atoms with Crippen LogP contribution in [0.4, 0.5) is 5.82 Å². The Morgan fingerprint density at radius 2 is 2.12 bits per heavy atom. The Morgan fingerprint density at radius 1 is 1.44 bits per heavy atom. The fourth-order valence-electron chi connectivity index (χ4n) is 1.42. The molecule has 1 heterocycles. The summed E-state index contributed by atoms with van der Waals surface area (Å²) in [5, 5.41) is 3.13. The highest BCUT2D eigenvalue weighted by Gasteiger charge is 2.07. The van der Waals surface area contributed by atoms with Crippen LogP contribution in [0.15, 0.2) is 17.2 Å². The van der Waals surface area contributed by atoms with Crippen molar-refractivity contribution in [3.63, 3.8) is 0 Å². The first-order valence-corrected chi connectivity index (χ1v) is 5.86. The van der Waals surface area contributed by atoms with Crippen molar-refractivity contribution in [2.75, 3.05) is 5.32 Å². The Morgan fingerprint density at radius 3 is 2.69 bits per heavy atom. The second-order valence-electron chi connectivity index (χ2n) is 4.58. The number of anilines is 1. The lowest BCUT2D eigenvalue weighted by Crippen LogP contribution is -2.28. The predicted octanol–water partition coefficient (Wildman–Crippen LogP) is 2.11. The van der Waals surface area contributed by atoms with Gasteiger partial charge in [0.15, 0.2) is 5.82 Å². The SMILES string of the molecule is CCC(C)Nc1nccn(CC(C)C)c1=O. The Labute approximate surface area is 96.7 Å². The minimum absolute atomic E-state index is 0.0310. The summed E-state index contributed by atoms with van der Waals surface area (Å²) in [4.78, 5) is 16.1. The fraction of sp³-hybridized carbons (Fsp3) is 0.667. The third-order valence-corrected chi connectivity index (χ3v) is 2.47. The molecule has 1 rings (SSSR count). The van der Waals surface area contributed by atoms with Crippen LogP contribution >= 0.6 is 0 Å². The lowest BCUT2D eigenvalue weighted by Gasteiger charge is -2.13. The number of aromatic nitrogens is 2. The molecule has 0 aromatic carbocycles. The molecule has 0 aliphatic rings. The van der Waals surface area contributed by atoms with Crippen LogP contribution in [-0.2, 0) is 6.54 Å². The standard InChI is InChI=1S/C12H21N3O/c1-5-10(4)14-11-12(16)15(7-6-13-11)8-9(2)3/h6-7,9-10H,5,8H2,1-4H3,(H,13,14). The van der Waals surface area contributed by atoms with Gasteiger partial charge in [-0.15, -0.1) is 0 Å². The lowest BCUT2D eigenvalue weighted by atomic mass is 10.2. The molecule has 90 valence electrons. The van der Waals surface area contributed by atoms with Crippen LogP contribution in [0.2, 0.25) is 0 Å². The Kier molecular flexibility index (Phi) is 4.52. The maximum absolute atomic E-state index is 12.0. The fourth-order valence-corrected chi connectivity index (χ4v) is 1.42.